The van der Waals surface area contributed by atoms with Crippen molar-refractivity contribution in [1.82, 2.24) is 0 Å². The van der Waals surface area contributed by atoms with Gasteiger partial charge in [-0.05, 0) is 62.1 Å². The number of unbranched alkanes of at least 4 members (excludes halogenated alkanes) is 1. The maximum absolute atomic E-state index is 3.78. The molecule has 1 aromatic carbocycles. The van der Waals surface area contributed by atoms with Crippen LogP contribution in [0.3, 0.4) is 0 Å². The van der Waals surface area contributed by atoms with Crippen LogP contribution in [0.25, 0.3) is 0 Å². The second kappa shape index (κ2) is 10.8. The van der Waals surface area contributed by atoms with Crippen molar-refractivity contribution in [3.8, 4) is 0 Å². The molecule has 0 saturated carbocycles. The van der Waals surface area contributed by atoms with Gasteiger partial charge in [0.2, 0.25) is 0 Å². The van der Waals surface area contributed by atoms with Crippen LogP contribution in [0.15, 0.2) is 30.9 Å². The van der Waals surface area contributed by atoms with Gasteiger partial charge in [-0.15, -0.1) is 6.58 Å². The van der Waals surface area contributed by atoms with E-state index in [2.05, 4.69) is 59.4 Å². The molecule has 19 heavy (non-hydrogen) atoms. The molecule has 0 aliphatic rings. The van der Waals surface area contributed by atoms with Gasteiger partial charge in [0.25, 0.3) is 0 Å². The maximum Gasteiger partial charge on any atom is -0.0164 e. The van der Waals surface area contributed by atoms with Crippen molar-refractivity contribution >= 4 is 0 Å². The Morgan fingerprint density at radius 1 is 1.11 bits per heavy atom. The molecule has 0 aliphatic heterocycles. The first kappa shape index (κ1) is 18.0. The number of allylic oxidation sites excluding steroid dienone is 1. The van der Waals surface area contributed by atoms with Gasteiger partial charge in [0.15, 0.2) is 0 Å². The monoisotopic (exact) mass is 260 g/mol. The molecule has 0 radical (unpaired) electrons. The summed E-state index contributed by atoms with van der Waals surface area (Å²) in [5, 5.41) is 0. The Bertz CT molecular complexity index is 349. The van der Waals surface area contributed by atoms with Crippen molar-refractivity contribution < 1.29 is 0 Å². The summed E-state index contributed by atoms with van der Waals surface area (Å²) in [5.41, 5.74) is 4.32. The third kappa shape index (κ3) is 7.20. The zero-order chi connectivity index (χ0) is 14.7. The molecule has 1 unspecified atom stereocenters. The molecule has 0 bridgehead atoms. The molecule has 0 aliphatic carbocycles. The first-order valence-electron chi connectivity index (χ1n) is 7.78. The van der Waals surface area contributed by atoms with Crippen LogP contribution in [0.5, 0.6) is 0 Å². The highest BCUT2D eigenvalue weighted by molar-refractivity contribution is 5.31. The molecule has 1 atom stereocenters. The molecule has 0 amide bonds. The van der Waals surface area contributed by atoms with Crippen molar-refractivity contribution in [2.45, 2.75) is 72.6 Å². The second-order valence-electron chi connectivity index (χ2n) is 5.38. The van der Waals surface area contributed by atoms with E-state index in [0.717, 1.165) is 12.3 Å². The minimum Gasteiger partial charge on any atom is -0.103 e. The van der Waals surface area contributed by atoms with Crippen molar-refractivity contribution in [2.24, 2.45) is 0 Å². The van der Waals surface area contributed by atoms with E-state index in [1.54, 1.807) is 0 Å². The van der Waals surface area contributed by atoms with E-state index in [9.17, 15) is 0 Å². The molecule has 1 rings (SSSR count). The van der Waals surface area contributed by atoms with E-state index in [-0.39, 0.29) is 0 Å². The van der Waals surface area contributed by atoms with Crippen molar-refractivity contribution in [3.63, 3.8) is 0 Å². The molecular formula is C19H32. The van der Waals surface area contributed by atoms with Crippen LogP contribution in [0.1, 0.15) is 75.5 Å². The highest BCUT2D eigenvalue weighted by Crippen LogP contribution is 2.26. The van der Waals surface area contributed by atoms with Crippen LogP contribution >= 0.6 is 0 Å². The molecule has 0 fully saturated rings. The van der Waals surface area contributed by atoms with Crippen molar-refractivity contribution in [2.75, 3.05) is 0 Å². The summed E-state index contributed by atoms with van der Waals surface area (Å²) in [6, 6.07) is 6.91. The summed E-state index contributed by atoms with van der Waals surface area (Å²) >= 11 is 0. The minimum atomic E-state index is 0.722. The van der Waals surface area contributed by atoms with E-state index in [4.69, 9.17) is 0 Å². The van der Waals surface area contributed by atoms with Gasteiger partial charge in [0.1, 0.15) is 0 Å². The molecule has 108 valence electrons. The lowest BCUT2D eigenvalue weighted by atomic mass is 9.89. The number of rotatable bonds is 6. The van der Waals surface area contributed by atoms with Crippen LogP contribution in [0, 0.1) is 13.8 Å². The molecule has 0 nitrogen and oxygen atoms in total. The maximum atomic E-state index is 3.78. The molecular weight excluding hydrogens is 228 g/mol. The largest absolute Gasteiger partial charge is 0.103 e. The predicted octanol–water partition coefficient (Wildman–Crippen LogP) is 6.57. The Kier molecular flexibility index (Phi) is 10.2. The van der Waals surface area contributed by atoms with Gasteiger partial charge in [-0.1, -0.05) is 51.5 Å². The minimum absolute atomic E-state index is 0.722. The quantitative estimate of drug-likeness (QED) is 0.401. The fraction of sp³-hybridized carbons (Fsp3) is 0.579. The predicted molar refractivity (Wildman–Crippen MR) is 89.0 cm³/mol. The smallest absolute Gasteiger partial charge is 0.0164 e. The Labute approximate surface area is 120 Å². The SMILES string of the molecule is C=CCCCC(CC)c1ccc(C)c(C)c1.CCC. The summed E-state index contributed by atoms with van der Waals surface area (Å²) in [7, 11) is 0. The average molecular weight is 260 g/mol. The third-order valence-corrected chi connectivity index (χ3v) is 3.46. The van der Waals surface area contributed by atoms with E-state index in [1.807, 2.05) is 6.08 Å². The van der Waals surface area contributed by atoms with Gasteiger partial charge in [-0.3, -0.25) is 0 Å². The van der Waals surface area contributed by atoms with Gasteiger partial charge in [-0.25, -0.2) is 0 Å². The zero-order valence-electron chi connectivity index (χ0n) is 13.6. The summed E-state index contributed by atoms with van der Waals surface area (Å²) < 4.78 is 0. The van der Waals surface area contributed by atoms with Crippen molar-refractivity contribution in [3.05, 3.63) is 47.5 Å². The molecule has 0 N–H and O–H groups in total. The summed E-state index contributed by atoms with van der Waals surface area (Å²) in [6.45, 7) is 14.7. The molecule has 0 aromatic heterocycles. The Hall–Kier alpha value is -1.04. The average Bonchev–Trinajstić information content (AvgIpc) is 2.39. The van der Waals surface area contributed by atoms with Crippen LogP contribution in [0.2, 0.25) is 0 Å². The zero-order valence-corrected chi connectivity index (χ0v) is 13.6. The van der Waals surface area contributed by atoms with Gasteiger partial charge >= 0.3 is 0 Å². The van der Waals surface area contributed by atoms with E-state index in [0.29, 0.717) is 0 Å². The summed E-state index contributed by atoms with van der Waals surface area (Å²) in [6.07, 6.45) is 8.19. The normalized spacial score (nSPS) is 11.4. The summed E-state index contributed by atoms with van der Waals surface area (Å²) in [4.78, 5) is 0. The lowest BCUT2D eigenvalue weighted by molar-refractivity contribution is 0.579. The lowest BCUT2D eigenvalue weighted by Crippen LogP contribution is -1.98. The standard InChI is InChI=1S/C16H24.C3H8/c1-5-7-8-9-15(6-2)16-11-10-13(3)14(4)12-16;1-3-2/h5,10-12,15H,1,6-9H2,2-4H3;3H2,1-2H3. The topological polar surface area (TPSA) is 0 Å². The van der Waals surface area contributed by atoms with Gasteiger partial charge < -0.3 is 0 Å². The van der Waals surface area contributed by atoms with Gasteiger partial charge in [0, 0.05) is 0 Å². The fourth-order valence-electron chi connectivity index (χ4n) is 2.13. The van der Waals surface area contributed by atoms with Gasteiger partial charge in [-0.2, -0.15) is 0 Å². The Balaban J connectivity index is 0.000000982. The van der Waals surface area contributed by atoms with Crippen LogP contribution < -0.4 is 0 Å². The molecule has 0 heterocycles. The lowest BCUT2D eigenvalue weighted by Gasteiger charge is -2.16. The highest BCUT2D eigenvalue weighted by atomic mass is 14.1. The van der Waals surface area contributed by atoms with Crippen LogP contribution in [-0.2, 0) is 0 Å². The molecule has 0 spiro atoms. The van der Waals surface area contributed by atoms with Gasteiger partial charge in [0.05, 0.1) is 0 Å². The number of aryl methyl sites for hydroxylation is 2. The van der Waals surface area contributed by atoms with E-state index >= 15 is 0 Å². The second-order valence-corrected chi connectivity index (χ2v) is 5.38. The Morgan fingerprint density at radius 2 is 1.74 bits per heavy atom. The number of hydrogen-bond donors (Lipinski definition) is 0. The first-order chi connectivity index (χ1) is 9.10. The fourth-order valence-corrected chi connectivity index (χ4v) is 2.13. The van der Waals surface area contributed by atoms with E-state index < -0.39 is 0 Å². The molecule has 1 aromatic rings. The molecule has 0 saturated heterocycles. The van der Waals surface area contributed by atoms with Crippen LogP contribution in [0.4, 0.5) is 0 Å². The third-order valence-electron chi connectivity index (χ3n) is 3.46. The number of hydrogen-bond acceptors (Lipinski definition) is 0. The first-order valence-corrected chi connectivity index (χ1v) is 7.78. The van der Waals surface area contributed by atoms with Crippen molar-refractivity contribution in [1.29, 1.82) is 0 Å². The van der Waals surface area contributed by atoms with E-state index in [1.165, 1.54) is 42.4 Å². The Morgan fingerprint density at radius 3 is 2.21 bits per heavy atom. The highest BCUT2D eigenvalue weighted by Gasteiger charge is 2.09. The van der Waals surface area contributed by atoms with Crippen LogP contribution in [-0.4, -0.2) is 0 Å². The molecule has 0 heteroatoms. The number of benzene rings is 1. The summed E-state index contributed by atoms with van der Waals surface area (Å²) in [5.74, 6) is 0.722.